The summed E-state index contributed by atoms with van der Waals surface area (Å²) in [7, 11) is -1.98. The van der Waals surface area contributed by atoms with Gasteiger partial charge in [0.1, 0.15) is 17.2 Å². The van der Waals surface area contributed by atoms with Crippen LogP contribution in [0.1, 0.15) is 158 Å². The van der Waals surface area contributed by atoms with Crippen LogP contribution in [0.15, 0.2) is 51.1 Å². The second-order valence-electron chi connectivity index (χ2n) is 19.8. The van der Waals surface area contributed by atoms with Crippen molar-refractivity contribution < 1.29 is 27.2 Å². The van der Waals surface area contributed by atoms with Gasteiger partial charge in [-0.1, -0.05) is 125 Å². The van der Waals surface area contributed by atoms with Crippen LogP contribution >= 0.6 is 44.7 Å². The van der Waals surface area contributed by atoms with Crippen LogP contribution in [0.25, 0.3) is 0 Å². The maximum absolute atomic E-state index is 11.3. The van der Waals surface area contributed by atoms with E-state index in [2.05, 4.69) is 125 Å². The van der Waals surface area contributed by atoms with Crippen molar-refractivity contribution in [2.75, 3.05) is 0 Å². The largest absolute Gasteiger partial charge is 0.507 e. The van der Waals surface area contributed by atoms with Crippen molar-refractivity contribution in [3.8, 4) is 17.2 Å². The highest BCUT2D eigenvalue weighted by atomic mass is 32.2. The van der Waals surface area contributed by atoms with E-state index in [1.54, 1.807) is 0 Å². The summed E-state index contributed by atoms with van der Waals surface area (Å²) in [6, 6.07) is 11.8. The number of aromatic hydroxyl groups is 3. The molecule has 0 heterocycles. The molecule has 0 aromatic heterocycles. The van der Waals surface area contributed by atoms with E-state index in [1.807, 2.05) is 36.4 Å². The number of phenols is 3. The van der Waals surface area contributed by atoms with E-state index in [1.165, 1.54) is 0 Å². The van der Waals surface area contributed by atoms with E-state index in [4.69, 9.17) is 11.9 Å². The standard InChI is InChI=1S/C42H63O6PS3/c1-37(2,3)28-19-25(20-29(34(28)43)38(4,5)6)50-46-49(47-51-26-21-30(39(7,8)9)35(44)31(22-26)40(10,11)12)48-52-27-23-32(41(13,14)15)36(45)33(24-27)42(16,17)18/h19-24,43-45H,1-18H3. The number of benzene rings is 3. The quantitative estimate of drug-likeness (QED) is 0.145. The first-order chi connectivity index (χ1) is 23.3. The van der Waals surface area contributed by atoms with Crippen molar-refractivity contribution >= 4 is 44.7 Å². The van der Waals surface area contributed by atoms with Crippen molar-refractivity contribution in [3.63, 3.8) is 0 Å². The van der Waals surface area contributed by atoms with Crippen molar-refractivity contribution in [1.82, 2.24) is 0 Å². The first-order valence-corrected chi connectivity index (χ1v) is 21.1. The Morgan fingerprint density at radius 3 is 0.635 bits per heavy atom. The molecule has 0 saturated carbocycles. The third kappa shape index (κ3) is 11.5. The Kier molecular flexibility index (Phi) is 13.7. The zero-order valence-corrected chi connectivity index (χ0v) is 38.0. The predicted molar refractivity (Wildman–Crippen MR) is 224 cm³/mol. The van der Waals surface area contributed by atoms with Crippen LogP contribution < -0.4 is 0 Å². The van der Waals surface area contributed by atoms with Crippen molar-refractivity contribution in [2.24, 2.45) is 0 Å². The molecule has 3 N–H and O–H groups in total. The molecule has 0 fully saturated rings. The molecule has 0 bridgehead atoms. The van der Waals surface area contributed by atoms with Gasteiger partial charge in [0.15, 0.2) is 0 Å². The average molecular weight is 791 g/mol. The fourth-order valence-corrected chi connectivity index (χ4v) is 9.38. The van der Waals surface area contributed by atoms with Gasteiger partial charge in [-0.25, -0.2) is 11.9 Å². The minimum atomic E-state index is -1.98. The van der Waals surface area contributed by atoms with Crippen molar-refractivity contribution in [2.45, 2.75) is 172 Å². The second-order valence-corrected chi connectivity index (χ2v) is 23.9. The summed E-state index contributed by atoms with van der Waals surface area (Å²) in [5.41, 5.74) is 3.22. The highest BCUT2D eigenvalue weighted by Gasteiger charge is 2.31. The maximum Gasteiger partial charge on any atom is 0.370 e. The molecule has 3 aromatic rings. The molecule has 52 heavy (non-hydrogen) atoms. The molecule has 290 valence electrons. The molecule has 3 rings (SSSR count). The lowest BCUT2D eigenvalue weighted by Gasteiger charge is -2.28. The smallest absolute Gasteiger partial charge is 0.370 e. The van der Waals surface area contributed by atoms with E-state index in [-0.39, 0.29) is 32.5 Å². The van der Waals surface area contributed by atoms with Crippen LogP contribution in [-0.2, 0) is 44.4 Å². The molecule has 0 aliphatic rings. The van der Waals surface area contributed by atoms with E-state index in [9.17, 15) is 15.3 Å². The molecular weight excluding hydrogens is 728 g/mol. The third-order valence-corrected chi connectivity index (χ3v) is 12.3. The highest BCUT2D eigenvalue weighted by molar-refractivity contribution is 8.03. The van der Waals surface area contributed by atoms with Gasteiger partial charge < -0.3 is 15.3 Å². The normalized spacial score (nSPS) is 13.7. The van der Waals surface area contributed by atoms with Gasteiger partial charge in [-0.15, -0.1) is 0 Å². The van der Waals surface area contributed by atoms with Gasteiger partial charge in [-0.2, -0.15) is 0 Å². The Labute approximate surface area is 329 Å². The van der Waals surface area contributed by atoms with Gasteiger partial charge in [0.05, 0.1) is 0 Å². The Balaban J connectivity index is 2.07. The van der Waals surface area contributed by atoms with E-state index < -0.39 is 8.60 Å². The fraction of sp³-hybridized carbons (Fsp3) is 0.571. The second kappa shape index (κ2) is 15.9. The molecule has 0 spiro atoms. The topological polar surface area (TPSA) is 88.4 Å². The molecule has 10 heteroatoms. The lowest BCUT2D eigenvalue weighted by molar-refractivity contribution is 0.421. The molecule has 0 amide bonds. The van der Waals surface area contributed by atoms with E-state index in [0.717, 1.165) is 84.2 Å². The molecule has 0 atom stereocenters. The van der Waals surface area contributed by atoms with Gasteiger partial charge in [-0.05, 0) is 68.9 Å². The van der Waals surface area contributed by atoms with Crippen LogP contribution in [0.3, 0.4) is 0 Å². The number of hydrogen-bond acceptors (Lipinski definition) is 9. The van der Waals surface area contributed by atoms with Crippen molar-refractivity contribution in [3.05, 3.63) is 69.8 Å². The van der Waals surface area contributed by atoms with E-state index in [0.29, 0.717) is 17.2 Å². The maximum atomic E-state index is 11.3. The van der Waals surface area contributed by atoms with Crippen molar-refractivity contribution in [1.29, 1.82) is 0 Å². The molecule has 0 saturated heterocycles. The molecule has 3 aromatic carbocycles. The summed E-state index contributed by atoms with van der Waals surface area (Å²) in [6.07, 6.45) is 0. The summed E-state index contributed by atoms with van der Waals surface area (Å²) in [5.74, 6) is 0.912. The Morgan fingerprint density at radius 1 is 0.346 bits per heavy atom. The Bertz CT molecular complexity index is 1420. The van der Waals surface area contributed by atoms with Gasteiger partial charge in [0, 0.05) is 84.2 Å². The summed E-state index contributed by atoms with van der Waals surface area (Å²) in [5, 5.41) is 33.9. The Morgan fingerprint density at radius 2 is 0.500 bits per heavy atom. The summed E-state index contributed by atoms with van der Waals surface area (Å²) >= 11 is 3.49. The van der Waals surface area contributed by atoms with Crippen LogP contribution in [0.2, 0.25) is 0 Å². The van der Waals surface area contributed by atoms with Gasteiger partial charge in [-0.3, -0.25) is 0 Å². The van der Waals surface area contributed by atoms with Crippen LogP contribution in [0.4, 0.5) is 0 Å². The van der Waals surface area contributed by atoms with Crippen LogP contribution in [0, 0.1) is 0 Å². The third-order valence-electron chi connectivity index (χ3n) is 8.68. The summed E-state index contributed by atoms with van der Waals surface area (Å²) in [6.45, 7) is 37.5. The monoisotopic (exact) mass is 790 g/mol. The molecule has 0 aliphatic heterocycles. The molecular formula is C42H63O6PS3. The van der Waals surface area contributed by atoms with Gasteiger partial charge >= 0.3 is 8.60 Å². The van der Waals surface area contributed by atoms with Crippen LogP contribution in [0.5, 0.6) is 17.2 Å². The fourth-order valence-electron chi connectivity index (χ4n) is 5.66. The molecule has 0 aliphatic carbocycles. The zero-order chi connectivity index (χ0) is 40.0. The number of rotatable bonds is 9. The summed E-state index contributed by atoms with van der Waals surface area (Å²) in [4.78, 5) is 2.48. The minimum absolute atomic E-state index is 0.299. The predicted octanol–water partition coefficient (Wildman–Crippen LogP) is 14.3. The molecule has 6 nitrogen and oxygen atoms in total. The first-order valence-electron chi connectivity index (χ1n) is 17.8. The SMILES string of the molecule is CC(C)(C)c1cc(SOP(OSc2cc(C(C)(C)C)c(O)c(C(C)(C)C)c2)OSc2cc(C(C)(C)C)c(O)c(C(C)(C)C)c2)cc(C(C)(C)C)c1O. The average Bonchev–Trinajstić information content (AvgIpc) is 2.94. The summed E-state index contributed by atoms with van der Waals surface area (Å²) < 4.78 is 19.2. The van der Waals surface area contributed by atoms with Crippen LogP contribution in [-0.4, -0.2) is 15.3 Å². The lowest BCUT2D eigenvalue weighted by atomic mass is 9.79. The number of phenolic OH excluding ortho intramolecular Hbond substituents is 3. The molecule has 0 unspecified atom stereocenters. The zero-order valence-electron chi connectivity index (χ0n) is 34.7. The van der Waals surface area contributed by atoms with Gasteiger partial charge in [0.25, 0.3) is 0 Å². The van der Waals surface area contributed by atoms with E-state index >= 15 is 0 Å². The molecule has 0 radical (unpaired) electrons. The lowest BCUT2D eigenvalue weighted by Crippen LogP contribution is -2.17. The number of hydrogen-bond donors (Lipinski definition) is 3. The first kappa shape index (κ1) is 44.8. The van der Waals surface area contributed by atoms with Gasteiger partial charge in [0.2, 0.25) is 0 Å². The highest BCUT2D eigenvalue weighted by Crippen LogP contribution is 2.56. The Hall–Kier alpha value is -1.58. The minimum Gasteiger partial charge on any atom is -0.507 e.